The first-order valence-electron chi connectivity index (χ1n) is 7.36. The molecule has 3 rings (SSSR count). The fraction of sp³-hybridized carbons (Fsp3) is 0.125. The van der Waals surface area contributed by atoms with Crippen molar-refractivity contribution in [3.05, 3.63) is 54.9 Å². The summed E-state index contributed by atoms with van der Waals surface area (Å²) in [6.45, 7) is 0. The number of carbonyl (C=O) groups is 1. The number of hydrogen-bond donors (Lipinski definition) is 1. The average Bonchev–Trinajstić information content (AvgIpc) is 3.06. The van der Waals surface area contributed by atoms with Gasteiger partial charge in [0.1, 0.15) is 0 Å². The second kappa shape index (κ2) is 7.56. The molecule has 26 heavy (non-hydrogen) atoms. The molecule has 0 atom stereocenters. The first-order valence-corrected chi connectivity index (χ1v) is 8.34. The first-order chi connectivity index (χ1) is 12.4. The number of para-hydroxylation sites is 1. The molecule has 0 saturated carbocycles. The van der Waals surface area contributed by atoms with Crippen LogP contribution in [-0.4, -0.2) is 31.4 Å². The monoisotopic (exact) mass is 379 g/mol. The molecule has 0 bridgehead atoms. The maximum Gasteiger partial charge on any atom is 0.492 e. The van der Waals surface area contributed by atoms with E-state index in [1.807, 2.05) is 0 Å². The van der Waals surface area contributed by atoms with Crippen LogP contribution in [0.5, 0.6) is 0 Å². The molecular formula is C16H12F3N5OS. The fourth-order valence-corrected chi connectivity index (χ4v) is 2.87. The minimum atomic E-state index is -4.73. The van der Waals surface area contributed by atoms with Gasteiger partial charge in [-0.15, -0.1) is 23.4 Å². The Hall–Kier alpha value is -2.88. The summed E-state index contributed by atoms with van der Waals surface area (Å²) in [4.78, 5) is 15.7. The molecule has 10 heteroatoms. The van der Waals surface area contributed by atoms with Gasteiger partial charge in [-0.25, -0.2) is 4.57 Å². The molecule has 0 radical (unpaired) electrons. The van der Waals surface area contributed by atoms with Crippen molar-refractivity contribution in [2.45, 2.75) is 11.5 Å². The van der Waals surface area contributed by atoms with Crippen LogP contribution in [0.4, 0.5) is 18.9 Å². The van der Waals surface area contributed by atoms with E-state index in [-0.39, 0.29) is 21.7 Å². The molecule has 134 valence electrons. The molecule has 1 amide bonds. The summed E-state index contributed by atoms with van der Waals surface area (Å²) in [6, 6.07) is 11.6. The Bertz CT molecular complexity index is 884. The number of aromatic nitrogens is 4. The zero-order valence-corrected chi connectivity index (χ0v) is 14.0. The third-order valence-corrected chi connectivity index (χ3v) is 4.13. The van der Waals surface area contributed by atoms with E-state index in [1.165, 1.54) is 24.5 Å². The highest BCUT2D eigenvalue weighted by Gasteiger charge is 2.37. The van der Waals surface area contributed by atoms with Gasteiger partial charge in [-0.05, 0) is 24.3 Å². The lowest BCUT2D eigenvalue weighted by molar-refractivity contribution is -0.208. The second-order valence-electron chi connectivity index (χ2n) is 5.05. The molecule has 0 aliphatic carbocycles. The lowest BCUT2D eigenvalue weighted by Crippen LogP contribution is -2.20. The summed E-state index contributed by atoms with van der Waals surface area (Å²) in [5.74, 6) is -1.06. The van der Waals surface area contributed by atoms with Gasteiger partial charge in [0.05, 0.1) is 5.75 Å². The van der Waals surface area contributed by atoms with Gasteiger partial charge in [0.25, 0.3) is 0 Å². The summed E-state index contributed by atoms with van der Waals surface area (Å²) in [6.07, 6.45) is -2.02. The minimum absolute atomic E-state index is 0.0461. The number of benzene rings is 1. The van der Waals surface area contributed by atoms with Crippen molar-refractivity contribution < 1.29 is 18.0 Å². The Morgan fingerprint density at radius 2 is 1.88 bits per heavy atom. The van der Waals surface area contributed by atoms with Crippen molar-refractivity contribution >= 4 is 23.4 Å². The van der Waals surface area contributed by atoms with Crippen molar-refractivity contribution in [1.29, 1.82) is 0 Å². The highest BCUT2D eigenvalue weighted by molar-refractivity contribution is 7.99. The number of alkyl halides is 3. The van der Waals surface area contributed by atoms with E-state index in [2.05, 4.69) is 20.5 Å². The molecule has 0 unspecified atom stereocenters. The highest BCUT2D eigenvalue weighted by atomic mass is 32.2. The van der Waals surface area contributed by atoms with Crippen LogP contribution in [0.25, 0.3) is 11.4 Å². The number of rotatable bonds is 5. The lowest BCUT2D eigenvalue weighted by atomic mass is 10.3. The highest BCUT2D eigenvalue weighted by Crippen LogP contribution is 2.33. The number of carbonyl (C=O) groups excluding carboxylic acids is 1. The van der Waals surface area contributed by atoms with Crippen LogP contribution in [0.1, 0.15) is 0 Å². The van der Waals surface area contributed by atoms with Crippen molar-refractivity contribution in [2.24, 2.45) is 0 Å². The number of nitrogens with one attached hydrogen (secondary N) is 1. The number of pyridine rings is 1. The van der Waals surface area contributed by atoms with Gasteiger partial charge in [0, 0.05) is 23.6 Å². The maximum atomic E-state index is 13.4. The Morgan fingerprint density at radius 1 is 1.12 bits per heavy atom. The Morgan fingerprint density at radius 3 is 2.54 bits per heavy atom. The van der Waals surface area contributed by atoms with Gasteiger partial charge in [-0.1, -0.05) is 30.0 Å². The average molecular weight is 379 g/mol. The maximum absolute atomic E-state index is 13.4. The summed E-state index contributed by atoms with van der Waals surface area (Å²) >= 11 is 0.654. The molecular weight excluding hydrogens is 367 g/mol. The van der Waals surface area contributed by atoms with Gasteiger partial charge in [0.2, 0.25) is 5.91 Å². The number of nitrogens with zero attached hydrogens (tertiary/aromatic N) is 4. The third-order valence-electron chi connectivity index (χ3n) is 3.20. The quantitative estimate of drug-likeness (QED) is 0.687. The molecule has 2 heterocycles. The number of thioether (sulfide) groups is 1. The van der Waals surface area contributed by atoms with E-state index < -0.39 is 17.4 Å². The second-order valence-corrected chi connectivity index (χ2v) is 6.00. The van der Waals surface area contributed by atoms with Gasteiger partial charge >= 0.3 is 6.30 Å². The Labute approximate surface area is 150 Å². The predicted octanol–water partition coefficient (Wildman–Crippen LogP) is 3.55. The summed E-state index contributed by atoms with van der Waals surface area (Å²) in [5.41, 5.74) is 0.740. The smallest absolute Gasteiger partial charge is 0.325 e. The molecule has 0 fully saturated rings. The van der Waals surface area contributed by atoms with E-state index >= 15 is 0 Å². The summed E-state index contributed by atoms with van der Waals surface area (Å²) in [7, 11) is 0. The van der Waals surface area contributed by atoms with Crippen LogP contribution in [0.15, 0.2) is 60.0 Å². The molecule has 0 aliphatic rings. The number of anilines is 1. The molecule has 1 N–H and O–H groups in total. The van der Waals surface area contributed by atoms with E-state index in [1.54, 1.807) is 30.3 Å². The predicted molar refractivity (Wildman–Crippen MR) is 90.3 cm³/mol. The zero-order valence-electron chi connectivity index (χ0n) is 13.1. The lowest BCUT2D eigenvalue weighted by Gasteiger charge is -2.13. The molecule has 0 spiro atoms. The van der Waals surface area contributed by atoms with Crippen LogP contribution >= 0.6 is 11.8 Å². The SMILES string of the molecule is O=C(CSc1nnc(-c2cccnc2)n1C(F)(F)F)Nc1ccccc1. The minimum Gasteiger partial charge on any atom is -0.325 e. The van der Waals surface area contributed by atoms with Crippen LogP contribution in [0.2, 0.25) is 0 Å². The fourth-order valence-electron chi connectivity index (χ4n) is 2.12. The molecule has 0 aliphatic heterocycles. The van der Waals surface area contributed by atoms with Gasteiger partial charge in [-0.2, -0.15) is 0 Å². The zero-order chi connectivity index (χ0) is 18.6. The van der Waals surface area contributed by atoms with Crippen molar-refractivity contribution in [3.63, 3.8) is 0 Å². The van der Waals surface area contributed by atoms with E-state index in [4.69, 9.17) is 0 Å². The number of halogens is 3. The van der Waals surface area contributed by atoms with E-state index in [9.17, 15) is 18.0 Å². The van der Waals surface area contributed by atoms with Crippen LogP contribution in [0.3, 0.4) is 0 Å². The Balaban J connectivity index is 1.78. The topological polar surface area (TPSA) is 72.7 Å². The molecule has 3 aromatic rings. The Kier molecular flexibility index (Phi) is 5.21. The van der Waals surface area contributed by atoms with Crippen molar-refractivity contribution in [3.8, 4) is 11.4 Å². The van der Waals surface area contributed by atoms with Gasteiger partial charge in [0.15, 0.2) is 11.0 Å². The summed E-state index contributed by atoms with van der Waals surface area (Å²) in [5, 5.41) is 9.38. The van der Waals surface area contributed by atoms with E-state index in [0.29, 0.717) is 17.4 Å². The number of amides is 1. The largest absolute Gasteiger partial charge is 0.492 e. The number of hydrogen-bond acceptors (Lipinski definition) is 5. The van der Waals surface area contributed by atoms with Crippen LogP contribution in [-0.2, 0) is 11.1 Å². The van der Waals surface area contributed by atoms with Gasteiger partial charge in [-0.3, -0.25) is 9.78 Å². The first kappa shape index (κ1) is 17.9. The third kappa shape index (κ3) is 4.20. The standard InChI is InChI=1S/C16H12F3N5OS/c17-16(18,19)24-14(11-5-4-8-20-9-11)22-23-15(24)26-10-13(25)21-12-6-2-1-3-7-12/h1-9H,10H2,(H,21,25). The summed E-state index contributed by atoms with van der Waals surface area (Å²) < 4.78 is 40.4. The van der Waals surface area contributed by atoms with Crippen LogP contribution in [0, 0.1) is 0 Å². The normalized spacial score (nSPS) is 11.3. The molecule has 2 aromatic heterocycles. The molecule has 0 saturated heterocycles. The van der Waals surface area contributed by atoms with Crippen molar-refractivity contribution in [2.75, 3.05) is 11.1 Å². The van der Waals surface area contributed by atoms with Gasteiger partial charge < -0.3 is 5.32 Å². The molecule has 6 nitrogen and oxygen atoms in total. The van der Waals surface area contributed by atoms with Crippen LogP contribution < -0.4 is 5.32 Å². The van der Waals surface area contributed by atoms with E-state index in [0.717, 1.165) is 0 Å². The molecule has 1 aromatic carbocycles. The van der Waals surface area contributed by atoms with Crippen molar-refractivity contribution in [1.82, 2.24) is 19.7 Å².